The molecule has 2 heterocycles. The number of rotatable bonds is 6. The van der Waals surface area contributed by atoms with E-state index in [0.717, 1.165) is 36.7 Å². The molecule has 33 heavy (non-hydrogen) atoms. The molecule has 1 saturated heterocycles. The SMILES string of the molecule is CN(c1c(F)cc(OCCN2CCC3(CC2)C(=O)Nc2ccc(Cl)cc23)cc1F)S(C)(=O)=O. The second-order valence-corrected chi connectivity index (χ2v) is 10.8. The molecule has 178 valence electrons. The third-order valence-corrected chi connectivity index (χ3v) is 7.78. The van der Waals surface area contributed by atoms with Crippen LogP contribution in [-0.4, -0.2) is 58.8 Å². The number of anilines is 2. The monoisotopic (exact) mass is 499 g/mol. The van der Waals surface area contributed by atoms with Crippen LogP contribution in [0.3, 0.4) is 0 Å². The quantitative estimate of drug-likeness (QED) is 0.659. The topological polar surface area (TPSA) is 79.0 Å². The molecule has 4 rings (SSSR count). The lowest BCUT2D eigenvalue weighted by molar-refractivity contribution is -0.122. The summed E-state index contributed by atoms with van der Waals surface area (Å²) in [5.74, 6) is -2.09. The number of hydrogen-bond donors (Lipinski definition) is 1. The minimum absolute atomic E-state index is 0.0132. The molecule has 2 aliphatic heterocycles. The first kappa shape index (κ1) is 23.7. The summed E-state index contributed by atoms with van der Waals surface area (Å²) in [6.45, 7) is 2.00. The summed E-state index contributed by atoms with van der Waals surface area (Å²) in [7, 11) is -2.73. The summed E-state index contributed by atoms with van der Waals surface area (Å²) in [6.07, 6.45) is 2.12. The first-order chi connectivity index (χ1) is 15.5. The van der Waals surface area contributed by atoms with E-state index in [9.17, 15) is 22.0 Å². The van der Waals surface area contributed by atoms with Gasteiger partial charge in [-0.1, -0.05) is 11.6 Å². The lowest BCUT2D eigenvalue weighted by atomic mass is 9.73. The highest BCUT2D eigenvalue weighted by molar-refractivity contribution is 7.92. The molecule has 0 aliphatic carbocycles. The van der Waals surface area contributed by atoms with Crippen LogP contribution in [0.15, 0.2) is 30.3 Å². The van der Waals surface area contributed by atoms with Gasteiger partial charge in [0.05, 0.1) is 11.7 Å². The van der Waals surface area contributed by atoms with Gasteiger partial charge < -0.3 is 10.1 Å². The van der Waals surface area contributed by atoms with Crippen LogP contribution < -0.4 is 14.4 Å². The van der Waals surface area contributed by atoms with Gasteiger partial charge in [-0.2, -0.15) is 0 Å². The number of sulfonamides is 1. The summed E-state index contributed by atoms with van der Waals surface area (Å²) < 4.78 is 57.9. The van der Waals surface area contributed by atoms with Crippen molar-refractivity contribution in [3.05, 3.63) is 52.6 Å². The Balaban J connectivity index is 1.35. The Kier molecular flexibility index (Phi) is 6.28. The van der Waals surface area contributed by atoms with Crippen LogP contribution in [0.2, 0.25) is 5.02 Å². The van der Waals surface area contributed by atoms with Gasteiger partial charge in [0.25, 0.3) is 0 Å². The number of hydrogen-bond acceptors (Lipinski definition) is 5. The van der Waals surface area contributed by atoms with E-state index in [1.807, 2.05) is 12.1 Å². The van der Waals surface area contributed by atoms with E-state index in [1.54, 1.807) is 6.07 Å². The maximum absolute atomic E-state index is 14.3. The number of benzene rings is 2. The molecule has 0 aromatic heterocycles. The van der Waals surface area contributed by atoms with Crippen molar-refractivity contribution in [1.29, 1.82) is 0 Å². The molecule has 1 amide bonds. The number of likely N-dealkylation sites (tertiary alicyclic amines) is 1. The van der Waals surface area contributed by atoms with Crippen molar-refractivity contribution in [3.63, 3.8) is 0 Å². The highest BCUT2D eigenvalue weighted by atomic mass is 35.5. The molecule has 2 aromatic rings. The van der Waals surface area contributed by atoms with Gasteiger partial charge in [-0.15, -0.1) is 0 Å². The Bertz CT molecular complexity index is 1180. The summed E-state index contributed by atoms with van der Waals surface area (Å²) in [4.78, 5) is 14.8. The van der Waals surface area contributed by atoms with Gasteiger partial charge in [-0.25, -0.2) is 17.2 Å². The van der Waals surface area contributed by atoms with Crippen LogP contribution in [0.25, 0.3) is 0 Å². The van der Waals surface area contributed by atoms with Gasteiger partial charge in [0, 0.05) is 36.4 Å². The number of piperidine rings is 1. The average Bonchev–Trinajstić information content (AvgIpc) is 2.99. The number of carbonyl (C=O) groups is 1. The zero-order chi connectivity index (χ0) is 24.0. The molecule has 1 N–H and O–H groups in total. The molecule has 2 aliphatic rings. The maximum Gasteiger partial charge on any atom is 0.235 e. The van der Waals surface area contributed by atoms with E-state index in [-0.39, 0.29) is 18.3 Å². The third-order valence-electron chi connectivity index (χ3n) is 6.37. The zero-order valence-corrected chi connectivity index (χ0v) is 19.8. The van der Waals surface area contributed by atoms with Crippen molar-refractivity contribution in [1.82, 2.24) is 4.90 Å². The summed E-state index contributed by atoms with van der Waals surface area (Å²) in [5, 5.41) is 3.54. The van der Waals surface area contributed by atoms with Crippen molar-refractivity contribution in [2.45, 2.75) is 18.3 Å². The highest BCUT2D eigenvalue weighted by Gasteiger charge is 2.48. The summed E-state index contributed by atoms with van der Waals surface area (Å²) in [6, 6.07) is 7.36. The van der Waals surface area contributed by atoms with Crippen molar-refractivity contribution < 1.29 is 26.7 Å². The molecule has 0 unspecified atom stereocenters. The predicted octanol–water partition coefficient (Wildman–Crippen LogP) is 3.38. The Morgan fingerprint density at radius 1 is 1.18 bits per heavy atom. The number of carbonyl (C=O) groups excluding carboxylic acids is 1. The molecule has 11 heteroatoms. The summed E-state index contributed by atoms with van der Waals surface area (Å²) >= 11 is 6.15. The van der Waals surface area contributed by atoms with Gasteiger partial charge in [-0.3, -0.25) is 14.0 Å². The van der Waals surface area contributed by atoms with Crippen LogP contribution in [-0.2, 0) is 20.2 Å². The van der Waals surface area contributed by atoms with Crippen LogP contribution in [0.4, 0.5) is 20.2 Å². The molecule has 2 aromatic carbocycles. The van der Waals surface area contributed by atoms with Gasteiger partial charge in [0.1, 0.15) is 18.0 Å². The van der Waals surface area contributed by atoms with Crippen LogP contribution in [0.5, 0.6) is 5.75 Å². The van der Waals surface area contributed by atoms with Crippen LogP contribution in [0.1, 0.15) is 18.4 Å². The Morgan fingerprint density at radius 3 is 2.42 bits per heavy atom. The second kappa shape index (κ2) is 8.73. The molecule has 7 nitrogen and oxygen atoms in total. The Hall–Kier alpha value is -2.43. The van der Waals surface area contributed by atoms with Gasteiger partial charge in [-0.05, 0) is 49.7 Å². The molecule has 0 bridgehead atoms. The van der Waals surface area contributed by atoms with Gasteiger partial charge in [0.2, 0.25) is 15.9 Å². The number of nitrogens with one attached hydrogen (secondary N) is 1. The van der Waals surface area contributed by atoms with Crippen molar-refractivity contribution in [2.75, 3.05) is 49.2 Å². The van der Waals surface area contributed by atoms with Crippen LogP contribution in [0, 0.1) is 11.6 Å². The summed E-state index contributed by atoms with van der Waals surface area (Å²) in [5.41, 5.74) is 0.489. The molecular weight excluding hydrogens is 476 g/mol. The lowest BCUT2D eigenvalue weighted by Gasteiger charge is -2.38. The largest absolute Gasteiger partial charge is 0.492 e. The number of halogens is 3. The molecular formula is C22H24ClF2N3O4S. The van der Waals surface area contributed by atoms with Crippen LogP contribution >= 0.6 is 11.6 Å². The first-order valence-corrected chi connectivity index (χ1v) is 12.6. The fourth-order valence-corrected chi connectivity index (χ4v) is 5.10. The molecule has 1 fully saturated rings. The number of amides is 1. The van der Waals surface area contributed by atoms with E-state index in [1.165, 1.54) is 0 Å². The maximum atomic E-state index is 14.3. The molecule has 0 radical (unpaired) electrons. The molecule has 0 saturated carbocycles. The third kappa shape index (κ3) is 4.51. The second-order valence-electron chi connectivity index (χ2n) is 8.38. The minimum Gasteiger partial charge on any atom is -0.492 e. The van der Waals surface area contributed by atoms with Gasteiger partial charge >= 0.3 is 0 Å². The van der Waals surface area contributed by atoms with E-state index in [2.05, 4.69) is 10.2 Å². The standard InChI is InChI=1S/C22H24ClF2N3O4S/c1-27(33(2,30)31)20-17(24)12-15(13-18(20)25)32-10-9-28-7-5-22(6-8-28)16-11-14(23)3-4-19(16)26-21(22)29/h3-4,11-13H,5-10H2,1-2H3,(H,26,29). The number of fused-ring (bicyclic) bond motifs is 2. The fraction of sp³-hybridized carbons (Fsp3) is 0.409. The fourth-order valence-electron chi connectivity index (χ4n) is 4.43. The van der Waals surface area contributed by atoms with E-state index >= 15 is 0 Å². The molecule has 1 spiro atoms. The van der Waals surface area contributed by atoms with E-state index in [4.69, 9.17) is 16.3 Å². The van der Waals surface area contributed by atoms with Gasteiger partial charge in [0.15, 0.2) is 11.6 Å². The van der Waals surface area contributed by atoms with Crippen molar-refractivity contribution in [2.24, 2.45) is 0 Å². The number of ether oxygens (including phenoxy) is 1. The zero-order valence-electron chi connectivity index (χ0n) is 18.2. The number of nitrogens with zero attached hydrogens (tertiary/aromatic N) is 2. The van der Waals surface area contributed by atoms with Crippen molar-refractivity contribution >= 4 is 38.9 Å². The highest BCUT2D eigenvalue weighted by Crippen LogP contribution is 2.45. The minimum atomic E-state index is -3.81. The predicted molar refractivity (Wildman–Crippen MR) is 123 cm³/mol. The van der Waals surface area contributed by atoms with E-state index in [0.29, 0.717) is 41.8 Å². The normalized spacial score (nSPS) is 17.7. The van der Waals surface area contributed by atoms with E-state index < -0.39 is 32.8 Å². The smallest absolute Gasteiger partial charge is 0.235 e. The Morgan fingerprint density at radius 2 is 1.82 bits per heavy atom. The average molecular weight is 500 g/mol. The molecule has 0 atom stereocenters. The first-order valence-electron chi connectivity index (χ1n) is 10.4. The lowest BCUT2D eigenvalue weighted by Crippen LogP contribution is -2.47. The Labute approximate surface area is 196 Å². The van der Waals surface area contributed by atoms with Crippen molar-refractivity contribution in [3.8, 4) is 5.75 Å².